The molecule has 16 saturated carbocycles. The van der Waals surface area contributed by atoms with Crippen molar-refractivity contribution in [3.63, 3.8) is 0 Å². The minimum absolute atomic E-state index is 0.000940. The molecule has 0 amide bonds. The highest BCUT2D eigenvalue weighted by Crippen LogP contribution is 2.71. The summed E-state index contributed by atoms with van der Waals surface area (Å²) in [5.74, 6) is 18.6. The maximum absolute atomic E-state index is 13.4. The highest BCUT2D eigenvalue weighted by molar-refractivity contribution is 5.85. The number of alkyl halides is 3. The fourth-order valence-electron chi connectivity index (χ4n) is 33.7. The number of aliphatic hydroxyl groups is 4. The van der Waals surface area contributed by atoms with E-state index in [0.29, 0.717) is 91.6 Å². The van der Waals surface area contributed by atoms with Gasteiger partial charge >= 0.3 is 6.18 Å². The van der Waals surface area contributed by atoms with Gasteiger partial charge in [0.05, 0.1) is 49.1 Å². The minimum Gasteiger partial charge on any atom is -0.390 e. The van der Waals surface area contributed by atoms with Crippen LogP contribution in [0.25, 0.3) is 0 Å². The second-order valence-electron chi connectivity index (χ2n) is 44.4. The smallest absolute Gasteiger partial charge is 0.390 e. The zero-order valence-corrected chi connectivity index (χ0v) is 72.4. The van der Waals surface area contributed by atoms with Crippen LogP contribution in [-0.2, 0) is 49.6 Å². The Balaban J connectivity index is 0.000000113. The lowest BCUT2D eigenvalue weighted by atomic mass is 9.48. The quantitative estimate of drug-likeness (QED) is 0.0551. The summed E-state index contributed by atoms with van der Waals surface area (Å²) in [5, 5.41) is 42.6. The second kappa shape index (κ2) is 33.2. The molecule has 0 spiro atoms. The second-order valence-corrected chi connectivity index (χ2v) is 44.4. The maximum Gasteiger partial charge on any atom is 0.417 e. The summed E-state index contributed by atoms with van der Waals surface area (Å²) in [6.45, 7) is 14.3. The third-order valence-electron chi connectivity index (χ3n) is 39.2. The SMILES string of the molecule is CC[C@@]1(O)CC[C@H]2[C@@H](CC[C@@H]3[C@@H]2CC[C@]2(C)[C@@H](C(=O)Cc4ncc[nH]4)CC[C@@H]32)C1.COC[C@@]1(O)CC[C@H]2[C@@H](CC[C@@H]3[C@@H]2CC[C@]2(C)[C@@H](C(=O)Cc4ncc[nH]4)CC[C@@H]32)C1.C[C@@]1(O)CC[C@H]2[C@@H](CC[C@@H]3[C@@H]2CC[C@]2(C)[C@@H](C(=O)Cc4ncc[nH]4)CC[C@@H]32)C1.C[C@]12CC[C@H]3[C@@H](CC[C@H]4C[C@@](O)(C(F)(F)F)CC[C@@H]43)[C@@H]1CC[C@@H]2C(=O)Cc1ncc[nH]1. The van der Waals surface area contributed by atoms with E-state index >= 15 is 0 Å². The zero-order valence-electron chi connectivity index (χ0n) is 72.4. The fraction of sp³-hybridized carbons (Fsp3) is 0.837. The summed E-state index contributed by atoms with van der Waals surface area (Å²) in [4.78, 5) is 82.1. The number of carbonyl (C=O) groups excluding carboxylic acids is 4. The van der Waals surface area contributed by atoms with Gasteiger partial charge in [-0.15, -0.1) is 0 Å². The van der Waals surface area contributed by atoms with Gasteiger partial charge in [0.1, 0.15) is 46.4 Å². The average Bonchev–Trinajstić information content (AvgIpc) is 1.49. The largest absolute Gasteiger partial charge is 0.417 e. The van der Waals surface area contributed by atoms with Crippen molar-refractivity contribution < 1.29 is 57.5 Å². The van der Waals surface area contributed by atoms with E-state index in [2.05, 4.69) is 74.5 Å². The summed E-state index contributed by atoms with van der Waals surface area (Å²) in [6, 6.07) is 0. The van der Waals surface area contributed by atoms with E-state index in [0.717, 1.165) is 209 Å². The molecule has 8 N–H and O–H groups in total. The third-order valence-corrected chi connectivity index (χ3v) is 39.2. The van der Waals surface area contributed by atoms with E-state index < -0.39 is 28.6 Å². The summed E-state index contributed by atoms with van der Waals surface area (Å²) in [7, 11) is 1.70. The van der Waals surface area contributed by atoms with Crippen LogP contribution in [0.4, 0.5) is 13.2 Å². The average molecular weight is 1640 g/mol. The molecule has 652 valence electrons. The van der Waals surface area contributed by atoms with Gasteiger partial charge in [-0.1, -0.05) is 34.6 Å². The number of carbonyl (C=O) groups is 4. The van der Waals surface area contributed by atoms with Gasteiger partial charge < -0.3 is 45.1 Å². The molecule has 16 aliphatic rings. The van der Waals surface area contributed by atoms with Crippen LogP contribution in [0.15, 0.2) is 49.6 Å². The number of nitrogens with zero attached hydrogens (tertiary/aromatic N) is 4. The number of aromatic amines is 4. The van der Waals surface area contributed by atoms with Gasteiger partial charge in [0.25, 0.3) is 0 Å². The summed E-state index contributed by atoms with van der Waals surface area (Å²) in [6.07, 6.45) is 49.7. The summed E-state index contributed by atoms with van der Waals surface area (Å²) < 4.78 is 45.6. The number of nitrogens with one attached hydrogen (secondary N) is 4. The van der Waals surface area contributed by atoms with Crippen LogP contribution in [-0.4, -0.2) is 126 Å². The molecule has 32 atom stereocenters. The van der Waals surface area contributed by atoms with E-state index in [1.165, 1.54) is 109 Å². The monoisotopic (exact) mass is 1640 g/mol. The molecule has 0 unspecified atom stereocenters. The van der Waals surface area contributed by atoms with Crippen molar-refractivity contribution in [2.75, 3.05) is 13.7 Å². The van der Waals surface area contributed by atoms with Crippen LogP contribution >= 0.6 is 0 Å². The van der Waals surface area contributed by atoms with Crippen LogP contribution in [0, 0.1) is 164 Å². The van der Waals surface area contributed by atoms with Gasteiger partial charge in [-0.05, 0) is 385 Å². The van der Waals surface area contributed by atoms with Crippen LogP contribution < -0.4 is 0 Å². The molecule has 118 heavy (non-hydrogen) atoms. The van der Waals surface area contributed by atoms with Crippen LogP contribution in [0.2, 0.25) is 0 Å². The first-order chi connectivity index (χ1) is 56.4. The highest BCUT2D eigenvalue weighted by Gasteiger charge is 2.66. The molecule has 20 heteroatoms. The Bertz CT molecular complexity index is 4100. The number of hydrogen-bond donors (Lipinski definition) is 8. The van der Waals surface area contributed by atoms with E-state index in [9.17, 15) is 52.8 Å². The maximum atomic E-state index is 13.4. The summed E-state index contributed by atoms with van der Waals surface area (Å²) in [5.41, 5.74) is -3.39. The number of ether oxygens (including phenoxy) is 1. The highest BCUT2D eigenvalue weighted by atomic mass is 19.4. The van der Waals surface area contributed by atoms with Gasteiger partial charge in [0.15, 0.2) is 5.60 Å². The number of halogens is 3. The topological polar surface area (TPSA) is 273 Å². The van der Waals surface area contributed by atoms with Crippen LogP contribution in [0.1, 0.15) is 302 Å². The molecule has 16 aliphatic carbocycles. The van der Waals surface area contributed by atoms with Gasteiger partial charge in [0.2, 0.25) is 0 Å². The zero-order chi connectivity index (χ0) is 82.7. The molecule has 0 aromatic carbocycles. The lowest BCUT2D eigenvalue weighted by Gasteiger charge is -2.57. The molecule has 0 bridgehead atoms. The third kappa shape index (κ3) is 15.9. The number of aromatic nitrogens is 8. The summed E-state index contributed by atoms with van der Waals surface area (Å²) >= 11 is 0. The predicted molar refractivity (Wildman–Crippen MR) is 445 cm³/mol. The van der Waals surface area contributed by atoms with Crippen molar-refractivity contribution in [1.29, 1.82) is 0 Å². The Kier molecular flexibility index (Phi) is 24.0. The molecule has 4 aromatic heterocycles. The van der Waals surface area contributed by atoms with E-state index in [1.807, 2.05) is 25.5 Å². The number of hydrogen-bond acceptors (Lipinski definition) is 13. The lowest BCUT2D eigenvalue weighted by molar-refractivity contribution is -0.282. The first kappa shape index (κ1) is 85.3. The number of methoxy groups -OCH3 is 1. The van der Waals surface area contributed by atoms with E-state index in [1.54, 1.807) is 38.1 Å². The number of ketones is 4. The number of rotatable bonds is 15. The molecule has 20 rings (SSSR count). The molecule has 17 nitrogen and oxygen atoms in total. The lowest BCUT2D eigenvalue weighted by Crippen LogP contribution is -2.55. The van der Waals surface area contributed by atoms with Crippen molar-refractivity contribution >= 4 is 23.1 Å². The first-order valence-corrected chi connectivity index (χ1v) is 47.9. The Hall–Kier alpha value is -4.89. The molecule has 0 aliphatic heterocycles. The van der Waals surface area contributed by atoms with Gasteiger partial charge in [-0.25, -0.2) is 19.9 Å². The van der Waals surface area contributed by atoms with Crippen LogP contribution in [0.3, 0.4) is 0 Å². The number of Topliss-reactive ketones (excluding diaryl/α,β-unsaturated/α-hetero) is 4. The molecule has 0 radical (unpaired) electrons. The molecular formula is C98H145F3N8O9. The normalized spacial score (nSPS) is 46.2. The Labute approximate surface area is 700 Å². The van der Waals surface area contributed by atoms with E-state index in [-0.39, 0.29) is 69.9 Å². The van der Waals surface area contributed by atoms with Crippen molar-refractivity contribution in [2.24, 2.45) is 164 Å². The van der Waals surface area contributed by atoms with E-state index in [4.69, 9.17) is 4.74 Å². The minimum atomic E-state index is -4.53. The van der Waals surface area contributed by atoms with Crippen molar-refractivity contribution in [3.05, 3.63) is 72.9 Å². The standard InChI is InChI=1S/C25H38N2O3.C25H38N2O2.C24H33F3N2O2.C24H36N2O2/c1-24-9-7-18-17-8-10-25(29,15-30-2)14-16(17)3-4-19(18)20(24)5-6-21(24)22(28)13-23-26-11-12-27-23;1-3-25(29)11-9-17-16(15-25)4-5-19-18(17)8-10-24(2)20(19)6-7-21(24)22(28)14-23-26-12-13-27-23;1-22-8-6-16-15-7-9-23(31,24(25,26)27)13-14(15)2-3-17(16)18(22)4-5-19(22)20(30)12-21-28-10-11-29-21;1-23(28)9-7-16-15(14-23)3-4-18-17(16)8-10-24(2)19(18)5-6-20(24)21(27)13-22-25-11-12-26-22/h11-12,16-21,29H,3-10,13-15H2,1-2H3,(H,26,27);12-13,16-21,29H,3-11,14-15H2,1-2H3,(H,26,27);10-11,14-19,31H,2-9,12-13H2,1H3,(H,28,29);11-12,15-20,28H,3-10,13-14H2,1-2H3,(H,25,26)/t2*16-,17-,18+,19+,20-,21+,24-,25+;14-,15-,16+,17+,18-,19+,22-,23+;15-,16-,17+,18+,19-,20+,23+,24-/m0000/s1. The molecular weight excluding hydrogens is 1490 g/mol. The number of H-pyrrole nitrogens is 4. The molecule has 0 saturated heterocycles. The van der Waals surface area contributed by atoms with Gasteiger partial charge in [-0.2, -0.15) is 13.2 Å². The Morgan fingerprint density at radius 2 is 0.653 bits per heavy atom. The number of imidazole rings is 4. The molecule has 16 fully saturated rings. The van der Waals surface area contributed by atoms with Crippen molar-refractivity contribution in [3.8, 4) is 0 Å². The fourth-order valence-corrected chi connectivity index (χ4v) is 33.7. The Morgan fingerprint density at radius 1 is 0.364 bits per heavy atom. The van der Waals surface area contributed by atoms with Gasteiger partial charge in [-0.3, -0.25) is 19.2 Å². The van der Waals surface area contributed by atoms with Crippen molar-refractivity contribution in [2.45, 2.75) is 333 Å². The van der Waals surface area contributed by atoms with Crippen LogP contribution in [0.5, 0.6) is 0 Å². The van der Waals surface area contributed by atoms with Gasteiger partial charge in [0, 0.05) is 80.4 Å². The first-order valence-electron chi connectivity index (χ1n) is 47.9. The predicted octanol–water partition coefficient (Wildman–Crippen LogP) is 18.7. The number of fused-ring (bicyclic) bond motifs is 20. The molecule has 4 heterocycles. The Morgan fingerprint density at radius 3 is 0.958 bits per heavy atom. The molecule has 4 aromatic rings. The van der Waals surface area contributed by atoms with Crippen molar-refractivity contribution in [1.82, 2.24) is 39.9 Å².